The molecule has 3 nitrogen and oxygen atoms in total. The molecule has 0 fully saturated rings. The number of fused-ring (bicyclic) bond motifs is 1. The van der Waals surface area contributed by atoms with Crippen molar-refractivity contribution in [1.82, 2.24) is 5.32 Å². The number of hydrogen-bond acceptors (Lipinski definition) is 2. The molecule has 0 radical (unpaired) electrons. The van der Waals surface area contributed by atoms with Gasteiger partial charge >= 0.3 is 0 Å². The molecular weight excluding hydrogens is 214 g/mol. The summed E-state index contributed by atoms with van der Waals surface area (Å²) in [4.78, 5) is 11.4. The second-order valence-corrected chi connectivity index (χ2v) is 4.87. The molecule has 2 N–H and O–H groups in total. The second kappa shape index (κ2) is 4.88. The quantitative estimate of drug-likeness (QED) is 0.826. The van der Waals surface area contributed by atoms with Crippen molar-refractivity contribution < 1.29 is 9.90 Å². The lowest BCUT2D eigenvalue weighted by molar-refractivity contribution is -0.122. The Morgan fingerprint density at radius 3 is 2.47 bits per heavy atom. The summed E-state index contributed by atoms with van der Waals surface area (Å²) in [5.41, 5.74) is 1.59. The summed E-state index contributed by atoms with van der Waals surface area (Å²) in [6.45, 7) is 2.32. The van der Waals surface area contributed by atoms with Gasteiger partial charge in [0.1, 0.15) is 0 Å². The number of carbonyl (C=O) groups is 1. The molecule has 0 saturated heterocycles. The Labute approximate surface area is 102 Å². The molecule has 0 spiro atoms. The third kappa shape index (κ3) is 2.86. The molecule has 0 heterocycles. The van der Waals surface area contributed by atoms with Crippen LogP contribution in [-0.2, 0) is 17.6 Å². The van der Waals surface area contributed by atoms with E-state index in [2.05, 4.69) is 5.32 Å². The first-order valence-electron chi connectivity index (χ1n) is 6.19. The minimum absolute atomic E-state index is 0.0249. The fraction of sp³-hybridized carbons (Fsp3) is 0.500. The van der Waals surface area contributed by atoms with Crippen molar-refractivity contribution in [2.45, 2.75) is 38.2 Å². The average molecular weight is 233 g/mol. The third-order valence-corrected chi connectivity index (χ3v) is 3.25. The highest BCUT2D eigenvalue weighted by Gasteiger charge is 2.34. The van der Waals surface area contributed by atoms with E-state index in [-0.39, 0.29) is 5.91 Å². The Hall–Kier alpha value is -1.35. The first-order valence-corrected chi connectivity index (χ1v) is 6.19. The molecule has 0 bridgehead atoms. The van der Waals surface area contributed by atoms with Crippen LogP contribution in [0.25, 0.3) is 0 Å². The van der Waals surface area contributed by atoms with Crippen LogP contribution >= 0.6 is 0 Å². The summed E-state index contributed by atoms with van der Waals surface area (Å²) >= 11 is 0. The zero-order valence-electron chi connectivity index (χ0n) is 10.2. The molecule has 1 amide bonds. The average Bonchev–Trinajstić information content (AvgIpc) is 2.64. The zero-order chi connectivity index (χ0) is 12.3. The maximum Gasteiger partial charge on any atom is 0.220 e. The van der Waals surface area contributed by atoms with Crippen LogP contribution in [0.3, 0.4) is 0 Å². The van der Waals surface area contributed by atoms with Gasteiger partial charge in [0.05, 0.1) is 5.60 Å². The molecule has 1 aromatic rings. The molecule has 3 heteroatoms. The van der Waals surface area contributed by atoms with E-state index in [1.807, 2.05) is 31.2 Å². The van der Waals surface area contributed by atoms with Gasteiger partial charge in [0, 0.05) is 25.8 Å². The SMILES string of the molecule is CCCC(=O)NCC1(O)Cc2ccccc2C1. The number of nitrogens with one attached hydrogen (secondary N) is 1. The van der Waals surface area contributed by atoms with Crippen LogP contribution in [0.4, 0.5) is 0 Å². The first kappa shape index (κ1) is 12.1. The van der Waals surface area contributed by atoms with Crippen molar-refractivity contribution in [2.75, 3.05) is 6.54 Å². The number of amides is 1. The van der Waals surface area contributed by atoms with Crippen LogP contribution in [0.15, 0.2) is 24.3 Å². The number of benzene rings is 1. The van der Waals surface area contributed by atoms with Crippen LogP contribution in [0.1, 0.15) is 30.9 Å². The van der Waals surface area contributed by atoms with E-state index < -0.39 is 5.60 Å². The summed E-state index contributed by atoms with van der Waals surface area (Å²) in [6.07, 6.45) is 2.64. The van der Waals surface area contributed by atoms with Gasteiger partial charge in [-0.3, -0.25) is 4.79 Å². The fourth-order valence-electron chi connectivity index (χ4n) is 2.38. The van der Waals surface area contributed by atoms with Crippen molar-refractivity contribution in [3.63, 3.8) is 0 Å². The minimum Gasteiger partial charge on any atom is -0.387 e. The molecule has 1 aliphatic carbocycles. The van der Waals surface area contributed by atoms with Gasteiger partial charge in [0.15, 0.2) is 0 Å². The molecular formula is C14H19NO2. The van der Waals surface area contributed by atoms with Crippen LogP contribution in [-0.4, -0.2) is 23.2 Å². The normalized spacial score (nSPS) is 16.6. The summed E-state index contributed by atoms with van der Waals surface area (Å²) in [7, 11) is 0. The van der Waals surface area contributed by atoms with Crippen molar-refractivity contribution in [1.29, 1.82) is 0 Å². The van der Waals surface area contributed by atoms with Gasteiger partial charge in [-0.25, -0.2) is 0 Å². The highest BCUT2D eigenvalue weighted by atomic mass is 16.3. The lowest BCUT2D eigenvalue weighted by atomic mass is 10.0. The predicted octanol–water partition coefficient (Wildman–Crippen LogP) is 1.43. The monoisotopic (exact) mass is 233 g/mol. The molecule has 0 saturated carbocycles. The number of rotatable bonds is 4. The Morgan fingerprint density at radius 1 is 1.35 bits per heavy atom. The number of carbonyl (C=O) groups excluding carboxylic acids is 1. The summed E-state index contributed by atoms with van der Waals surface area (Å²) in [5.74, 6) is 0.0249. The second-order valence-electron chi connectivity index (χ2n) is 4.87. The van der Waals surface area contributed by atoms with E-state index in [9.17, 15) is 9.90 Å². The Kier molecular flexibility index (Phi) is 3.48. The lowest BCUT2D eigenvalue weighted by Gasteiger charge is -2.22. The van der Waals surface area contributed by atoms with Crippen molar-refractivity contribution >= 4 is 5.91 Å². The smallest absolute Gasteiger partial charge is 0.220 e. The van der Waals surface area contributed by atoms with E-state index in [1.165, 1.54) is 11.1 Å². The highest BCUT2D eigenvalue weighted by molar-refractivity contribution is 5.75. The Balaban J connectivity index is 1.93. The van der Waals surface area contributed by atoms with Crippen LogP contribution in [0.2, 0.25) is 0 Å². The van der Waals surface area contributed by atoms with Gasteiger partial charge in [-0.15, -0.1) is 0 Å². The van der Waals surface area contributed by atoms with Crippen molar-refractivity contribution in [2.24, 2.45) is 0 Å². The predicted molar refractivity (Wildman–Crippen MR) is 66.7 cm³/mol. The van der Waals surface area contributed by atoms with Crippen LogP contribution in [0, 0.1) is 0 Å². The van der Waals surface area contributed by atoms with E-state index >= 15 is 0 Å². The van der Waals surface area contributed by atoms with Gasteiger partial charge in [0.2, 0.25) is 5.91 Å². The molecule has 0 unspecified atom stereocenters. The van der Waals surface area contributed by atoms with Gasteiger partial charge in [-0.1, -0.05) is 31.2 Å². The first-order chi connectivity index (χ1) is 8.13. The van der Waals surface area contributed by atoms with E-state index in [1.54, 1.807) is 0 Å². The van der Waals surface area contributed by atoms with Gasteiger partial charge in [0.25, 0.3) is 0 Å². The Bertz CT molecular complexity index is 389. The van der Waals surface area contributed by atoms with Crippen LogP contribution in [0.5, 0.6) is 0 Å². The third-order valence-electron chi connectivity index (χ3n) is 3.25. The highest BCUT2D eigenvalue weighted by Crippen LogP contribution is 2.29. The van der Waals surface area contributed by atoms with Crippen molar-refractivity contribution in [3.05, 3.63) is 35.4 Å². The standard InChI is InChI=1S/C14H19NO2/c1-2-5-13(16)15-10-14(17)8-11-6-3-4-7-12(11)9-14/h3-4,6-7,17H,2,5,8-10H2,1H3,(H,15,16). The largest absolute Gasteiger partial charge is 0.387 e. The van der Waals surface area contributed by atoms with Crippen molar-refractivity contribution in [3.8, 4) is 0 Å². The maximum atomic E-state index is 11.4. The molecule has 2 rings (SSSR count). The minimum atomic E-state index is -0.799. The van der Waals surface area contributed by atoms with E-state index in [0.29, 0.717) is 25.8 Å². The van der Waals surface area contributed by atoms with E-state index in [0.717, 1.165) is 6.42 Å². The zero-order valence-corrected chi connectivity index (χ0v) is 10.2. The molecule has 0 aliphatic heterocycles. The maximum absolute atomic E-state index is 11.4. The Morgan fingerprint density at radius 2 is 1.94 bits per heavy atom. The van der Waals surface area contributed by atoms with Crippen LogP contribution < -0.4 is 5.32 Å². The molecule has 1 aliphatic rings. The van der Waals surface area contributed by atoms with E-state index in [4.69, 9.17) is 0 Å². The van der Waals surface area contributed by atoms with Gasteiger partial charge in [-0.05, 0) is 17.5 Å². The topological polar surface area (TPSA) is 49.3 Å². The van der Waals surface area contributed by atoms with Gasteiger partial charge in [-0.2, -0.15) is 0 Å². The lowest BCUT2D eigenvalue weighted by Crippen LogP contribution is -2.43. The molecule has 0 aromatic heterocycles. The molecule has 1 aromatic carbocycles. The van der Waals surface area contributed by atoms with Gasteiger partial charge < -0.3 is 10.4 Å². The number of aliphatic hydroxyl groups is 1. The summed E-state index contributed by atoms with van der Waals surface area (Å²) in [6, 6.07) is 8.06. The number of hydrogen-bond donors (Lipinski definition) is 2. The molecule has 92 valence electrons. The molecule has 17 heavy (non-hydrogen) atoms. The summed E-state index contributed by atoms with van der Waals surface area (Å²) in [5, 5.41) is 13.2. The molecule has 0 atom stereocenters. The fourth-order valence-corrected chi connectivity index (χ4v) is 2.38. The summed E-state index contributed by atoms with van der Waals surface area (Å²) < 4.78 is 0.